The lowest BCUT2D eigenvalue weighted by molar-refractivity contribution is 0.0505. The summed E-state index contributed by atoms with van der Waals surface area (Å²) in [5.41, 5.74) is 0.516. The molecule has 0 aliphatic heterocycles. The molecule has 1 rings (SSSR count). The average Bonchev–Trinajstić information content (AvgIpc) is 2.82. The third-order valence-electron chi connectivity index (χ3n) is 3.32. The third kappa shape index (κ3) is 5.78. The number of ether oxygens (including phenoxy) is 1. The van der Waals surface area contributed by atoms with Crippen LogP contribution in [-0.2, 0) is 4.74 Å². The van der Waals surface area contributed by atoms with Crippen LogP contribution in [0.2, 0.25) is 0 Å². The molecule has 1 amide bonds. The number of amides is 1. The molecule has 1 heterocycles. The van der Waals surface area contributed by atoms with Gasteiger partial charge in [-0.1, -0.05) is 19.8 Å². The van der Waals surface area contributed by atoms with Crippen LogP contribution in [-0.4, -0.2) is 21.2 Å². The number of rotatable bonds is 6. The van der Waals surface area contributed by atoms with Crippen molar-refractivity contribution in [1.29, 1.82) is 0 Å². The molecule has 120 valence electrons. The van der Waals surface area contributed by atoms with Crippen LogP contribution in [0.3, 0.4) is 0 Å². The molecule has 0 saturated heterocycles. The highest BCUT2D eigenvalue weighted by Crippen LogP contribution is 2.21. The van der Waals surface area contributed by atoms with Crippen LogP contribution in [0.1, 0.15) is 78.6 Å². The topological polar surface area (TPSA) is 56.2 Å². The van der Waals surface area contributed by atoms with E-state index in [9.17, 15) is 4.79 Å². The fraction of sp³-hybridized carbons (Fsp3) is 0.750. The van der Waals surface area contributed by atoms with E-state index in [1.54, 1.807) is 0 Å². The Morgan fingerprint density at radius 3 is 2.67 bits per heavy atom. The van der Waals surface area contributed by atoms with E-state index in [2.05, 4.69) is 28.7 Å². The number of carbonyl (C=O) groups excluding carboxylic acids is 1. The van der Waals surface area contributed by atoms with Crippen molar-refractivity contribution in [3.05, 3.63) is 18.2 Å². The summed E-state index contributed by atoms with van der Waals surface area (Å²) >= 11 is 0. The maximum Gasteiger partial charge on any atom is 0.408 e. The smallest absolute Gasteiger partial charge is 0.408 e. The molecular weight excluding hydrogens is 266 g/mol. The van der Waals surface area contributed by atoms with Gasteiger partial charge in [0.05, 0.1) is 24.3 Å². The molecule has 0 spiro atoms. The van der Waals surface area contributed by atoms with Gasteiger partial charge in [0.15, 0.2) is 0 Å². The van der Waals surface area contributed by atoms with Gasteiger partial charge in [-0.05, 0) is 41.0 Å². The molecule has 1 aromatic heterocycles. The normalized spacial score (nSPS) is 14.6. The summed E-state index contributed by atoms with van der Waals surface area (Å²) in [5.74, 6) is 0. The highest BCUT2D eigenvalue weighted by molar-refractivity contribution is 5.68. The van der Waals surface area contributed by atoms with Crippen LogP contribution in [0, 0.1) is 0 Å². The summed E-state index contributed by atoms with van der Waals surface area (Å²) < 4.78 is 7.43. The zero-order valence-corrected chi connectivity index (χ0v) is 14.1. The number of nitrogens with zero attached hydrogens (tertiary/aromatic N) is 2. The van der Waals surface area contributed by atoms with Gasteiger partial charge >= 0.3 is 6.09 Å². The second-order valence-corrected chi connectivity index (χ2v) is 6.58. The van der Waals surface area contributed by atoms with Crippen molar-refractivity contribution in [2.24, 2.45) is 0 Å². The van der Waals surface area contributed by atoms with Crippen molar-refractivity contribution >= 4 is 6.09 Å². The number of unbranched alkanes of at least 4 members (excludes halogenated alkanes) is 1. The molecule has 0 aliphatic carbocycles. The van der Waals surface area contributed by atoms with Gasteiger partial charge in [0.1, 0.15) is 5.60 Å². The van der Waals surface area contributed by atoms with Gasteiger partial charge in [0.25, 0.3) is 0 Å². The molecule has 5 nitrogen and oxygen atoms in total. The highest BCUT2D eigenvalue weighted by atomic mass is 16.6. The maximum absolute atomic E-state index is 11.9. The first kappa shape index (κ1) is 17.5. The van der Waals surface area contributed by atoms with E-state index in [-0.39, 0.29) is 6.04 Å². The molecule has 1 aromatic rings. The van der Waals surface area contributed by atoms with Crippen molar-refractivity contribution in [3.8, 4) is 0 Å². The second-order valence-electron chi connectivity index (χ2n) is 6.58. The van der Waals surface area contributed by atoms with Gasteiger partial charge in [-0.3, -0.25) is 0 Å². The van der Waals surface area contributed by atoms with E-state index in [4.69, 9.17) is 4.74 Å². The van der Waals surface area contributed by atoms with Crippen LogP contribution >= 0.6 is 0 Å². The van der Waals surface area contributed by atoms with Crippen LogP contribution in [0.4, 0.5) is 4.79 Å². The van der Waals surface area contributed by atoms with Gasteiger partial charge in [-0.15, -0.1) is 0 Å². The maximum atomic E-state index is 11.9. The number of carbonyl (C=O) groups is 1. The molecule has 0 bridgehead atoms. The monoisotopic (exact) mass is 295 g/mol. The first-order valence-electron chi connectivity index (χ1n) is 7.75. The number of nitrogens with one attached hydrogen (secondary N) is 1. The molecule has 21 heavy (non-hydrogen) atoms. The number of imidazole rings is 1. The molecule has 2 atom stereocenters. The quantitative estimate of drug-likeness (QED) is 0.855. The lowest BCUT2D eigenvalue weighted by Gasteiger charge is -2.24. The molecule has 0 aliphatic rings. The lowest BCUT2D eigenvalue weighted by Crippen LogP contribution is -2.34. The van der Waals surface area contributed by atoms with Crippen LogP contribution in [0.5, 0.6) is 0 Å². The van der Waals surface area contributed by atoms with Gasteiger partial charge in [0, 0.05) is 6.04 Å². The number of alkyl carbamates (subject to hydrolysis) is 1. The Kier molecular flexibility index (Phi) is 6.24. The molecular formula is C16H29N3O2. The van der Waals surface area contributed by atoms with E-state index in [0.717, 1.165) is 12.1 Å². The molecule has 1 N–H and O–H groups in total. The molecule has 0 radical (unpaired) electrons. The van der Waals surface area contributed by atoms with Gasteiger partial charge < -0.3 is 14.6 Å². The Hall–Kier alpha value is -1.52. The Morgan fingerprint density at radius 1 is 1.43 bits per heavy atom. The Bertz CT molecular complexity index is 449. The SMILES string of the molecule is CCCCC(C)n1cncc1[C@@H](C)NC(=O)OC(C)(C)C. The van der Waals surface area contributed by atoms with Crippen LogP contribution in [0.25, 0.3) is 0 Å². The predicted octanol–water partition coefficient (Wildman–Crippen LogP) is 4.22. The van der Waals surface area contributed by atoms with Crippen molar-refractivity contribution in [2.75, 3.05) is 0 Å². The molecule has 1 unspecified atom stereocenters. The van der Waals surface area contributed by atoms with Gasteiger partial charge in [0.2, 0.25) is 0 Å². The van der Waals surface area contributed by atoms with E-state index in [1.165, 1.54) is 12.8 Å². The minimum Gasteiger partial charge on any atom is -0.444 e. The Morgan fingerprint density at radius 2 is 2.10 bits per heavy atom. The van der Waals surface area contributed by atoms with Crippen molar-refractivity contribution < 1.29 is 9.53 Å². The molecule has 0 aromatic carbocycles. The lowest BCUT2D eigenvalue weighted by atomic mass is 10.1. The van der Waals surface area contributed by atoms with Crippen molar-refractivity contribution in [2.45, 2.75) is 78.5 Å². The second kappa shape index (κ2) is 7.48. The first-order chi connectivity index (χ1) is 9.74. The van der Waals surface area contributed by atoms with Crippen molar-refractivity contribution in [3.63, 3.8) is 0 Å². The minimum atomic E-state index is -0.488. The summed E-state index contributed by atoms with van der Waals surface area (Å²) in [4.78, 5) is 16.1. The summed E-state index contributed by atoms with van der Waals surface area (Å²) in [6, 6.07) is 0.247. The number of aromatic nitrogens is 2. The standard InChI is InChI=1S/C16H29N3O2/c1-7-8-9-12(2)19-11-17-10-14(19)13(3)18-15(20)21-16(4,5)6/h10-13H,7-9H2,1-6H3,(H,18,20)/t12?,13-/m1/s1. The Labute approximate surface area is 128 Å². The molecule has 0 fully saturated rings. The van der Waals surface area contributed by atoms with Crippen molar-refractivity contribution in [1.82, 2.24) is 14.9 Å². The largest absolute Gasteiger partial charge is 0.444 e. The molecule has 0 saturated carbocycles. The van der Waals surface area contributed by atoms with Crippen LogP contribution < -0.4 is 5.32 Å². The summed E-state index contributed by atoms with van der Waals surface area (Å²) in [6.07, 6.45) is 6.73. The Balaban J connectivity index is 2.68. The minimum absolute atomic E-state index is 0.133. The van der Waals surface area contributed by atoms with E-state index in [1.807, 2.05) is 40.2 Å². The average molecular weight is 295 g/mol. The number of hydrogen-bond acceptors (Lipinski definition) is 3. The summed E-state index contributed by atoms with van der Waals surface area (Å²) in [6.45, 7) is 11.9. The van der Waals surface area contributed by atoms with Crippen LogP contribution in [0.15, 0.2) is 12.5 Å². The third-order valence-corrected chi connectivity index (χ3v) is 3.32. The zero-order valence-electron chi connectivity index (χ0n) is 14.1. The van der Waals surface area contributed by atoms with Gasteiger partial charge in [-0.2, -0.15) is 0 Å². The van der Waals surface area contributed by atoms with E-state index in [0.29, 0.717) is 6.04 Å². The molecule has 5 heteroatoms. The summed E-state index contributed by atoms with van der Waals surface area (Å²) in [7, 11) is 0. The van der Waals surface area contributed by atoms with E-state index >= 15 is 0 Å². The zero-order chi connectivity index (χ0) is 16.0. The first-order valence-corrected chi connectivity index (χ1v) is 7.75. The number of hydrogen-bond donors (Lipinski definition) is 1. The summed E-state index contributed by atoms with van der Waals surface area (Å²) in [5, 5.41) is 2.87. The van der Waals surface area contributed by atoms with Gasteiger partial charge in [-0.25, -0.2) is 9.78 Å². The highest BCUT2D eigenvalue weighted by Gasteiger charge is 2.20. The van der Waals surface area contributed by atoms with E-state index < -0.39 is 11.7 Å². The fourth-order valence-corrected chi connectivity index (χ4v) is 2.22. The predicted molar refractivity (Wildman–Crippen MR) is 84.2 cm³/mol. The fourth-order valence-electron chi connectivity index (χ4n) is 2.22.